The molecule has 0 bridgehead atoms. The number of carbonyl (C=O) groups excluding carboxylic acids is 1. The zero-order valence-electron chi connectivity index (χ0n) is 10.4. The molecule has 6 nitrogen and oxygen atoms in total. The van der Waals surface area contributed by atoms with Crippen LogP contribution in [0.2, 0.25) is 0 Å². The van der Waals surface area contributed by atoms with Crippen LogP contribution in [0.5, 0.6) is 0 Å². The van der Waals surface area contributed by atoms with Gasteiger partial charge < -0.3 is 5.32 Å². The van der Waals surface area contributed by atoms with Gasteiger partial charge in [-0.25, -0.2) is 9.78 Å². The van der Waals surface area contributed by atoms with Crippen molar-refractivity contribution in [3.8, 4) is 0 Å². The molecule has 0 saturated carbocycles. The first kappa shape index (κ1) is 12.0. The molecule has 2 aromatic heterocycles. The molecule has 0 saturated heterocycles. The second-order valence-electron chi connectivity index (χ2n) is 4.05. The third kappa shape index (κ3) is 2.54. The van der Waals surface area contributed by atoms with Gasteiger partial charge in [0.25, 0.3) is 0 Å². The van der Waals surface area contributed by atoms with E-state index in [4.69, 9.17) is 0 Å². The molecule has 3 aromatic rings. The number of amides is 2. The predicted molar refractivity (Wildman–Crippen MR) is 76.4 cm³/mol. The van der Waals surface area contributed by atoms with Crippen molar-refractivity contribution in [2.75, 3.05) is 10.6 Å². The number of nitrogens with zero attached hydrogens (tertiary/aromatic N) is 3. The molecule has 0 aliphatic carbocycles. The number of para-hydroxylation sites is 1. The third-order valence-electron chi connectivity index (χ3n) is 2.69. The van der Waals surface area contributed by atoms with E-state index in [0.717, 1.165) is 10.9 Å². The zero-order valence-corrected chi connectivity index (χ0v) is 10.4. The Morgan fingerprint density at radius 2 is 1.85 bits per heavy atom. The largest absolute Gasteiger partial charge is 0.324 e. The maximum absolute atomic E-state index is 11.9. The van der Waals surface area contributed by atoms with Gasteiger partial charge in [-0.05, 0) is 12.1 Å². The normalized spacial score (nSPS) is 10.2. The molecule has 0 fully saturated rings. The van der Waals surface area contributed by atoms with E-state index >= 15 is 0 Å². The Labute approximate surface area is 114 Å². The molecule has 0 spiro atoms. The molecule has 6 heteroatoms. The number of hydrogen-bond donors (Lipinski definition) is 2. The monoisotopic (exact) mass is 265 g/mol. The summed E-state index contributed by atoms with van der Waals surface area (Å²) in [7, 11) is 0. The molecule has 0 aliphatic rings. The van der Waals surface area contributed by atoms with Gasteiger partial charge in [0.1, 0.15) is 0 Å². The Bertz CT molecular complexity index is 739. The van der Waals surface area contributed by atoms with Crippen molar-refractivity contribution in [1.82, 2.24) is 15.0 Å². The minimum Gasteiger partial charge on any atom is -0.306 e. The van der Waals surface area contributed by atoms with E-state index in [-0.39, 0.29) is 6.03 Å². The van der Waals surface area contributed by atoms with Gasteiger partial charge in [-0.15, -0.1) is 0 Å². The summed E-state index contributed by atoms with van der Waals surface area (Å²) in [5.41, 5.74) is 1.38. The molecule has 3 rings (SSSR count). The van der Waals surface area contributed by atoms with E-state index in [1.54, 1.807) is 12.3 Å². The fraction of sp³-hybridized carbons (Fsp3) is 0. The molecule has 1 aromatic carbocycles. The van der Waals surface area contributed by atoms with Crippen LogP contribution in [0, 0.1) is 0 Å². The number of anilines is 2. The van der Waals surface area contributed by atoms with Crippen LogP contribution >= 0.6 is 0 Å². The van der Waals surface area contributed by atoms with Gasteiger partial charge in [-0.2, -0.15) is 0 Å². The zero-order chi connectivity index (χ0) is 13.8. The van der Waals surface area contributed by atoms with Crippen LogP contribution in [-0.2, 0) is 0 Å². The lowest BCUT2D eigenvalue weighted by Gasteiger charge is -2.08. The quantitative estimate of drug-likeness (QED) is 0.746. The highest BCUT2D eigenvalue weighted by Crippen LogP contribution is 2.20. The number of benzene rings is 1. The molecular weight excluding hydrogens is 254 g/mol. The number of nitrogens with one attached hydrogen (secondary N) is 2. The van der Waals surface area contributed by atoms with Crippen LogP contribution < -0.4 is 10.6 Å². The number of aromatic nitrogens is 3. The lowest BCUT2D eigenvalue weighted by atomic mass is 10.2. The summed E-state index contributed by atoms with van der Waals surface area (Å²) in [6.07, 6.45) is 6.21. The molecule has 0 radical (unpaired) electrons. The van der Waals surface area contributed by atoms with Crippen molar-refractivity contribution >= 4 is 28.4 Å². The summed E-state index contributed by atoms with van der Waals surface area (Å²) >= 11 is 0. The van der Waals surface area contributed by atoms with Crippen LogP contribution in [0.3, 0.4) is 0 Å². The number of carbonyl (C=O) groups is 1. The summed E-state index contributed by atoms with van der Waals surface area (Å²) in [4.78, 5) is 24.0. The highest BCUT2D eigenvalue weighted by atomic mass is 16.2. The Kier molecular flexibility index (Phi) is 3.20. The number of fused-ring (bicyclic) bond motifs is 1. The van der Waals surface area contributed by atoms with E-state index in [0.29, 0.717) is 11.5 Å². The maximum atomic E-state index is 11.9. The second-order valence-corrected chi connectivity index (χ2v) is 4.05. The van der Waals surface area contributed by atoms with E-state index in [1.807, 2.05) is 24.3 Å². The summed E-state index contributed by atoms with van der Waals surface area (Å²) in [5, 5.41) is 6.32. The van der Waals surface area contributed by atoms with E-state index in [1.165, 1.54) is 18.6 Å². The fourth-order valence-electron chi connectivity index (χ4n) is 1.84. The van der Waals surface area contributed by atoms with Crippen molar-refractivity contribution in [2.24, 2.45) is 0 Å². The first-order valence-electron chi connectivity index (χ1n) is 6.01. The molecule has 2 N–H and O–H groups in total. The summed E-state index contributed by atoms with van der Waals surface area (Å²) in [6, 6.07) is 9.00. The predicted octanol–water partition coefficient (Wildman–Crippen LogP) is 2.67. The molecule has 2 amide bonds. The topological polar surface area (TPSA) is 79.8 Å². The highest BCUT2D eigenvalue weighted by molar-refractivity contribution is 6.04. The smallest absolute Gasteiger partial charge is 0.306 e. The van der Waals surface area contributed by atoms with E-state index in [2.05, 4.69) is 25.6 Å². The molecule has 98 valence electrons. The third-order valence-corrected chi connectivity index (χ3v) is 2.69. The number of rotatable bonds is 2. The lowest BCUT2D eigenvalue weighted by Crippen LogP contribution is -2.20. The average molecular weight is 265 g/mol. The second kappa shape index (κ2) is 5.31. The van der Waals surface area contributed by atoms with Crippen molar-refractivity contribution < 1.29 is 4.79 Å². The molecule has 0 aliphatic heterocycles. The van der Waals surface area contributed by atoms with Crippen molar-refractivity contribution in [2.45, 2.75) is 0 Å². The standard InChI is InChI=1S/C14H11N5O/c20-14(19-12-9-15-7-8-16-12)18-11-5-1-3-10-4-2-6-17-13(10)11/h1-9H,(H2,16,18,19,20). The van der Waals surface area contributed by atoms with Crippen LogP contribution in [-0.4, -0.2) is 21.0 Å². The maximum Gasteiger partial charge on any atom is 0.324 e. The SMILES string of the molecule is O=C(Nc1cnccn1)Nc1cccc2cccnc12. The highest BCUT2D eigenvalue weighted by Gasteiger charge is 2.06. The Hall–Kier alpha value is -3.02. The van der Waals surface area contributed by atoms with Crippen LogP contribution in [0.4, 0.5) is 16.3 Å². The van der Waals surface area contributed by atoms with Gasteiger partial charge in [0.2, 0.25) is 0 Å². The number of pyridine rings is 1. The van der Waals surface area contributed by atoms with Crippen LogP contribution in [0.1, 0.15) is 0 Å². The van der Waals surface area contributed by atoms with Gasteiger partial charge in [-0.3, -0.25) is 15.3 Å². The molecule has 20 heavy (non-hydrogen) atoms. The molecule has 0 atom stereocenters. The Balaban J connectivity index is 1.81. The minimum atomic E-state index is -0.386. The lowest BCUT2D eigenvalue weighted by molar-refractivity contribution is 0.262. The van der Waals surface area contributed by atoms with Gasteiger partial charge >= 0.3 is 6.03 Å². The first-order chi connectivity index (χ1) is 9.83. The van der Waals surface area contributed by atoms with Crippen molar-refractivity contribution in [3.63, 3.8) is 0 Å². The van der Waals surface area contributed by atoms with E-state index in [9.17, 15) is 4.79 Å². The van der Waals surface area contributed by atoms with Gasteiger partial charge in [0.05, 0.1) is 17.4 Å². The molecule has 0 unspecified atom stereocenters. The van der Waals surface area contributed by atoms with E-state index < -0.39 is 0 Å². The van der Waals surface area contributed by atoms with Crippen LogP contribution in [0.25, 0.3) is 10.9 Å². The van der Waals surface area contributed by atoms with Crippen molar-refractivity contribution in [3.05, 3.63) is 55.1 Å². The minimum absolute atomic E-state index is 0.386. The Morgan fingerprint density at radius 1 is 0.950 bits per heavy atom. The average Bonchev–Trinajstić information content (AvgIpc) is 2.48. The van der Waals surface area contributed by atoms with Crippen molar-refractivity contribution in [1.29, 1.82) is 0 Å². The fourth-order valence-corrected chi connectivity index (χ4v) is 1.84. The van der Waals surface area contributed by atoms with Gasteiger partial charge in [-0.1, -0.05) is 18.2 Å². The Morgan fingerprint density at radius 3 is 2.70 bits per heavy atom. The number of urea groups is 1. The summed E-state index contributed by atoms with van der Waals surface area (Å²) in [5.74, 6) is 0.387. The summed E-state index contributed by atoms with van der Waals surface area (Å²) in [6.45, 7) is 0. The number of hydrogen-bond acceptors (Lipinski definition) is 4. The molecule has 2 heterocycles. The van der Waals surface area contributed by atoms with Crippen LogP contribution in [0.15, 0.2) is 55.1 Å². The van der Waals surface area contributed by atoms with Gasteiger partial charge in [0, 0.05) is 24.0 Å². The summed E-state index contributed by atoms with van der Waals surface area (Å²) < 4.78 is 0. The first-order valence-corrected chi connectivity index (χ1v) is 6.01. The molecular formula is C14H11N5O. The van der Waals surface area contributed by atoms with Gasteiger partial charge in [0.15, 0.2) is 5.82 Å².